The van der Waals surface area contributed by atoms with Gasteiger partial charge in [-0.05, 0) is 37.0 Å². The molecule has 7 nitrogen and oxygen atoms in total. The first kappa shape index (κ1) is 21.1. The molecule has 10 heteroatoms. The lowest BCUT2D eigenvalue weighted by Gasteiger charge is -2.29. The van der Waals surface area contributed by atoms with Crippen LogP contribution < -0.4 is 10.9 Å². The molecule has 0 aliphatic heterocycles. The molecule has 1 N–H and O–H groups in total. The van der Waals surface area contributed by atoms with Gasteiger partial charge in [0.05, 0.1) is 17.4 Å². The molecular weight excluding hydrogens is 411 g/mol. The number of benzene rings is 1. The van der Waals surface area contributed by atoms with Crippen LogP contribution in [0.5, 0.6) is 0 Å². The first-order valence-electron chi connectivity index (χ1n) is 10.1. The second kappa shape index (κ2) is 8.16. The maximum atomic E-state index is 13.0. The second-order valence-corrected chi connectivity index (χ2v) is 7.96. The Labute approximate surface area is 175 Å². The highest BCUT2D eigenvalue weighted by Gasteiger charge is 2.31. The summed E-state index contributed by atoms with van der Waals surface area (Å²) in [5.41, 5.74) is -1.04. The van der Waals surface area contributed by atoms with Crippen molar-refractivity contribution in [2.24, 2.45) is 5.92 Å². The molecule has 3 aromatic rings. The molecule has 1 aliphatic rings. The van der Waals surface area contributed by atoms with Crippen LogP contribution in [-0.4, -0.2) is 31.3 Å². The minimum Gasteiger partial charge on any atom is -0.352 e. The van der Waals surface area contributed by atoms with E-state index < -0.39 is 17.3 Å². The van der Waals surface area contributed by atoms with Crippen molar-refractivity contribution in [3.05, 3.63) is 52.7 Å². The van der Waals surface area contributed by atoms with Crippen molar-refractivity contribution in [1.82, 2.24) is 24.6 Å². The van der Waals surface area contributed by atoms with Gasteiger partial charge >= 0.3 is 6.18 Å². The summed E-state index contributed by atoms with van der Waals surface area (Å²) in [5.74, 6) is 0.119. The molecule has 0 spiro atoms. The summed E-state index contributed by atoms with van der Waals surface area (Å²) in [7, 11) is 0. The molecule has 1 fully saturated rings. The van der Waals surface area contributed by atoms with Gasteiger partial charge in [0.25, 0.3) is 5.56 Å². The fourth-order valence-electron chi connectivity index (χ4n) is 4.00. The van der Waals surface area contributed by atoms with E-state index in [0.717, 1.165) is 37.8 Å². The largest absolute Gasteiger partial charge is 0.416 e. The average molecular weight is 433 g/mol. The Morgan fingerprint density at radius 3 is 2.77 bits per heavy atom. The van der Waals surface area contributed by atoms with Crippen LogP contribution in [0.3, 0.4) is 0 Å². The third-order valence-electron chi connectivity index (χ3n) is 5.74. The van der Waals surface area contributed by atoms with E-state index in [2.05, 4.69) is 22.3 Å². The number of hydrogen-bond acceptors (Lipinski definition) is 4. The predicted molar refractivity (Wildman–Crippen MR) is 108 cm³/mol. The number of hydrogen-bond donors (Lipinski definition) is 1. The van der Waals surface area contributed by atoms with Crippen molar-refractivity contribution in [1.29, 1.82) is 0 Å². The van der Waals surface area contributed by atoms with Gasteiger partial charge in [-0.3, -0.25) is 14.2 Å². The van der Waals surface area contributed by atoms with Crippen molar-refractivity contribution in [3.63, 3.8) is 0 Å². The molecule has 0 bridgehead atoms. The molecule has 31 heavy (non-hydrogen) atoms. The van der Waals surface area contributed by atoms with E-state index in [0.29, 0.717) is 5.92 Å². The van der Waals surface area contributed by atoms with Gasteiger partial charge in [-0.15, -0.1) is 0 Å². The quantitative estimate of drug-likeness (QED) is 0.685. The zero-order valence-electron chi connectivity index (χ0n) is 16.9. The van der Waals surface area contributed by atoms with Gasteiger partial charge in [-0.25, -0.2) is 9.67 Å². The Bertz CT molecular complexity index is 1170. The van der Waals surface area contributed by atoms with Gasteiger partial charge in [0.2, 0.25) is 5.91 Å². The second-order valence-electron chi connectivity index (χ2n) is 7.96. The smallest absolute Gasteiger partial charge is 0.352 e. The maximum Gasteiger partial charge on any atom is 0.416 e. The predicted octanol–water partition coefficient (Wildman–Crippen LogP) is 3.30. The van der Waals surface area contributed by atoms with Crippen molar-refractivity contribution >= 4 is 16.9 Å². The van der Waals surface area contributed by atoms with Gasteiger partial charge in [-0.1, -0.05) is 25.8 Å². The van der Waals surface area contributed by atoms with Crippen LogP contribution in [0.1, 0.15) is 38.2 Å². The van der Waals surface area contributed by atoms with E-state index in [9.17, 15) is 22.8 Å². The van der Waals surface area contributed by atoms with Gasteiger partial charge in [-0.2, -0.15) is 18.3 Å². The van der Waals surface area contributed by atoms with Crippen molar-refractivity contribution in [2.75, 3.05) is 0 Å². The van der Waals surface area contributed by atoms with Crippen LogP contribution >= 0.6 is 0 Å². The number of halogens is 3. The molecule has 0 saturated heterocycles. The summed E-state index contributed by atoms with van der Waals surface area (Å²) in [6.45, 7) is 1.92. The van der Waals surface area contributed by atoms with E-state index in [-0.39, 0.29) is 35.2 Å². The number of nitrogens with zero attached hydrogens (tertiary/aromatic N) is 4. The van der Waals surface area contributed by atoms with E-state index in [1.165, 1.54) is 33.9 Å². The zero-order valence-corrected chi connectivity index (χ0v) is 16.9. The summed E-state index contributed by atoms with van der Waals surface area (Å²) in [5, 5.41) is 7.16. The summed E-state index contributed by atoms with van der Waals surface area (Å²) in [6.07, 6.45) is 2.18. The SMILES string of the molecule is C[C@H]1CCCC[C@@H]1NC(=O)Cn1cnc2c(cnn2-c2cccc(C(F)(F)F)c2)c1=O. The van der Waals surface area contributed by atoms with E-state index >= 15 is 0 Å². The lowest BCUT2D eigenvalue weighted by molar-refractivity contribution is -0.137. The number of carbonyl (C=O) groups is 1. The van der Waals surface area contributed by atoms with E-state index in [1.54, 1.807) is 0 Å². The Morgan fingerprint density at radius 1 is 1.26 bits per heavy atom. The maximum absolute atomic E-state index is 13.0. The molecule has 0 radical (unpaired) electrons. The van der Waals surface area contributed by atoms with E-state index in [1.807, 2.05) is 0 Å². The molecule has 2 atom stereocenters. The van der Waals surface area contributed by atoms with E-state index in [4.69, 9.17) is 0 Å². The molecule has 2 heterocycles. The number of rotatable bonds is 4. The number of carbonyl (C=O) groups excluding carboxylic acids is 1. The number of amides is 1. The average Bonchev–Trinajstić information content (AvgIpc) is 3.16. The third kappa shape index (κ3) is 4.33. The Balaban J connectivity index is 1.58. The third-order valence-corrected chi connectivity index (χ3v) is 5.74. The molecule has 0 unspecified atom stereocenters. The first-order chi connectivity index (χ1) is 14.7. The summed E-state index contributed by atoms with van der Waals surface area (Å²) in [6, 6.07) is 4.72. The zero-order chi connectivity index (χ0) is 22.2. The molecule has 164 valence electrons. The molecule has 1 amide bonds. The number of aromatic nitrogens is 4. The number of nitrogens with one attached hydrogen (secondary N) is 1. The summed E-state index contributed by atoms with van der Waals surface area (Å²) < 4.78 is 41.4. The minimum atomic E-state index is -4.50. The molecule has 4 rings (SSSR count). The Kier molecular flexibility index (Phi) is 5.55. The fraction of sp³-hybridized carbons (Fsp3) is 0.429. The molecule has 2 aromatic heterocycles. The normalized spacial score (nSPS) is 19.5. The van der Waals surface area contributed by atoms with Crippen molar-refractivity contribution in [3.8, 4) is 5.69 Å². The standard InChI is InChI=1S/C21H22F3N5O2/c1-13-5-2-3-8-17(13)27-18(30)11-28-12-25-19-16(20(28)31)10-26-29(19)15-7-4-6-14(9-15)21(22,23)24/h4,6-7,9-10,12-13,17H,2-3,5,8,11H2,1H3,(H,27,30)/t13-,17-/m0/s1. The van der Waals surface area contributed by atoms with Crippen LogP contribution in [0.2, 0.25) is 0 Å². The molecule has 1 aliphatic carbocycles. The number of alkyl halides is 3. The lowest BCUT2D eigenvalue weighted by Crippen LogP contribution is -2.43. The Morgan fingerprint density at radius 2 is 2.03 bits per heavy atom. The monoisotopic (exact) mass is 433 g/mol. The first-order valence-corrected chi connectivity index (χ1v) is 10.1. The molecule has 1 saturated carbocycles. The van der Waals surface area contributed by atoms with Crippen LogP contribution in [-0.2, 0) is 17.5 Å². The molecular formula is C21H22F3N5O2. The van der Waals surface area contributed by atoms with Crippen LogP contribution in [0.25, 0.3) is 16.7 Å². The summed E-state index contributed by atoms with van der Waals surface area (Å²) >= 11 is 0. The minimum absolute atomic E-state index is 0.0947. The van der Waals surface area contributed by atoms with Crippen LogP contribution in [0, 0.1) is 5.92 Å². The highest BCUT2D eigenvalue weighted by Crippen LogP contribution is 2.30. The fourth-order valence-corrected chi connectivity index (χ4v) is 4.00. The molecule has 1 aromatic carbocycles. The number of fused-ring (bicyclic) bond motifs is 1. The van der Waals surface area contributed by atoms with Gasteiger partial charge in [0, 0.05) is 6.04 Å². The summed E-state index contributed by atoms with van der Waals surface area (Å²) in [4.78, 5) is 29.4. The van der Waals surface area contributed by atoms with Gasteiger partial charge in [0.15, 0.2) is 5.65 Å². The van der Waals surface area contributed by atoms with Crippen LogP contribution in [0.4, 0.5) is 13.2 Å². The topological polar surface area (TPSA) is 81.8 Å². The lowest BCUT2D eigenvalue weighted by atomic mass is 9.86. The highest BCUT2D eigenvalue weighted by atomic mass is 19.4. The van der Waals surface area contributed by atoms with Crippen molar-refractivity contribution < 1.29 is 18.0 Å². The highest BCUT2D eigenvalue weighted by molar-refractivity contribution is 5.78. The van der Waals surface area contributed by atoms with Crippen molar-refractivity contribution in [2.45, 2.75) is 51.4 Å². The van der Waals surface area contributed by atoms with Crippen LogP contribution in [0.15, 0.2) is 41.6 Å². The van der Waals surface area contributed by atoms with Gasteiger partial charge in [0.1, 0.15) is 18.3 Å². The van der Waals surface area contributed by atoms with Gasteiger partial charge < -0.3 is 5.32 Å². The Hall–Kier alpha value is -3.17.